The minimum absolute atomic E-state index is 0.0225. The number of hydrogen-bond donors (Lipinski definition) is 3. The number of carbonyl (C=O) groups excluding carboxylic acids is 1. The molecule has 4 N–H and O–H groups in total. The molecule has 0 fully saturated rings. The number of alkyl halides is 7. The third-order valence-electron chi connectivity index (χ3n) is 2.79. The Balaban J connectivity index is 3.49. The highest BCUT2D eigenvalue weighted by Gasteiger charge is 2.71. The monoisotopic (exact) mass is 351 g/mol. The van der Waals surface area contributed by atoms with Gasteiger partial charge in [0.05, 0.1) is 0 Å². The number of hydrogen-bond acceptors (Lipinski definition) is 3. The molecule has 0 aromatic heterocycles. The van der Waals surface area contributed by atoms with Crippen molar-refractivity contribution in [3.05, 3.63) is 29.3 Å². The Bertz CT molecular complexity index is 572. The Morgan fingerprint density at radius 1 is 1.14 bits per heavy atom. The van der Waals surface area contributed by atoms with Gasteiger partial charge >= 0.3 is 12.4 Å². The molecule has 11 heteroatoms. The van der Waals surface area contributed by atoms with Gasteiger partial charge < -0.3 is 15.9 Å². The van der Waals surface area contributed by atoms with Crippen molar-refractivity contribution in [1.29, 1.82) is 0 Å². The molecule has 0 heterocycles. The van der Waals surface area contributed by atoms with Crippen LogP contribution in [0.15, 0.2) is 18.2 Å². The Morgan fingerprint density at radius 2 is 1.59 bits per heavy atom. The number of carbonyl (C=O) groups is 1. The number of nitrogens with two attached hydrogens (primary N) is 1. The fourth-order valence-electron chi connectivity index (χ4n) is 1.62. The highest BCUT2D eigenvalue weighted by atomic mass is 35.5. The molecule has 1 atom stereocenters. The maximum atomic E-state index is 12.7. The van der Waals surface area contributed by atoms with Crippen molar-refractivity contribution < 1.29 is 41.4 Å². The lowest BCUT2D eigenvalue weighted by molar-refractivity contribution is -0.376. The quantitative estimate of drug-likeness (QED) is 0.578. The normalized spacial score (nSPS) is 14.7. The molecular weight excluding hydrogens is 344 g/mol. The largest absolute Gasteiger partial charge is 0.508 e. The van der Waals surface area contributed by atoms with Gasteiger partial charge in [0.1, 0.15) is 11.1 Å². The number of rotatable bonds is 3. The van der Waals surface area contributed by atoms with E-state index in [2.05, 4.69) is 0 Å². The van der Waals surface area contributed by atoms with Gasteiger partial charge in [-0.2, -0.15) is 26.3 Å². The average molecular weight is 352 g/mol. The van der Waals surface area contributed by atoms with Gasteiger partial charge in [0.2, 0.25) is 5.91 Å². The molecule has 1 amide bonds. The molecule has 0 spiro atoms. The molecule has 1 aromatic carbocycles. The number of halogens is 7. The predicted octanol–water partition coefficient (Wildman–Crippen LogP) is 2.47. The fourth-order valence-corrected chi connectivity index (χ4v) is 1.81. The number of primary amides is 1. The van der Waals surface area contributed by atoms with Gasteiger partial charge in [-0.1, -0.05) is 12.1 Å². The van der Waals surface area contributed by atoms with Gasteiger partial charge in [0.25, 0.3) is 5.60 Å². The second-order valence-electron chi connectivity index (χ2n) is 4.24. The first kappa shape index (κ1) is 18.4. The Kier molecular flexibility index (Phi) is 4.60. The van der Waals surface area contributed by atoms with Crippen molar-refractivity contribution >= 4 is 17.5 Å². The summed E-state index contributed by atoms with van der Waals surface area (Å²) in [6.45, 7) is 0. The van der Waals surface area contributed by atoms with Gasteiger partial charge in [-0.05, 0) is 6.07 Å². The molecule has 0 saturated heterocycles. The third-order valence-corrected chi connectivity index (χ3v) is 3.24. The summed E-state index contributed by atoms with van der Waals surface area (Å²) in [5.41, 5.74) is -2.56. The molecule has 124 valence electrons. The van der Waals surface area contributed by atoms with Crippen LogP contribution in [0.1, 0.15) is 16.5 Å². The minimum atomic E-state index is -6.09. The molecule has 22 heavy (non-hydrogen) atoms. The Morgan fingerprint density at radius 3 is 1.91 bits per heavy atom. The molecule has 1 rings (SSSR count). The van der Waals surface area contributed by atoms with E-state index in [1.54, 1.807) is 0 Å². The van der Waals surface area contributed by atoms with Crippen molar-refractivity contribution in [2.75, 3.05) is 0 Å². The molecule has 0 radical (unpaired) electrons. The second-order valence-corrected chi connectivity index (χ2v) is 4.68. The van der Waals surface area contributed by atoms with Crippen LogP contribution in [0.4, 0.5) is 26.3 Å². The van der Waals surface area contributed by atoms with Gasteiger partial charge in [-0.15, -0.1) is 11.6 Å². The smallest absolute Gasteiger partial charge is 0.430 e. The predicted molar refractivity (Wildman–Crippen MR) is 61.9 cm³/mol. The van der Waals surface area contributed by atoms with Gasteiger partial charge in [-0.25, -0.2) is 0 Å². The van der Waals surface area contributed by atoms with E-state index in [4.69, 9.17) is 22.4 Å². The van der Waals surface area contributed by atoms with E-state index in [-0.39, 0.29) is 12.1 Å². The topological polar surface area (TPSA) is 83.6 Å². The van der Waals surface area contributed by atoms with Crippen LogP contribution in [-0.2, 0) is 10.4 Å². The van der Waals surface area contributed by atoms with E-state index < -0.39 is 46.1 Å². The van der Waals surface area contributed by atoms with Crippen molar-refractivity contribution in [3.63, 3.8) is 0 Å². The lowest BCUT2D eigenvalue weighted by Crippen LogP contribution is -2.53. The average Bonchev–Trinajstić information content (AvgIpc) is 2.33. The van der Waals surface area contributed by atoms with E-state index in [9.17, 15) is 36.2 Å². The van der Waals surface area contributed by atoms with Crippen LogP contribution in [-0.4, -0.2) is 28.5 Å². The summed E-state index contributed by atoms with van der Waals surface area (Å²) in [6.07, 6.45) is -12.2. The molecule has 0 aliphatic rings. The number of benzene rings is 1. The summed E-state index contributed by atoms with van der Waals surface area (Å²) in [6, 6.07) is 0.804. The van der Waals surface area contributed by atoms with E-state index in [1.807, 2.05) is 0 Å². The maximum Gasteiger partial charge on any atom is 0.430 e. The van der Waals surface area contributed by atoms with Crippen LogP contribution < -0.4 is 5.73 Å². The Hall–Kier alpha value is -1.68. The molecule has 4 nitrogen and oxygen atoms in total. The number of aliphatic hydroxyl groups is 1. The Labute approximate surface area is 124 Å². The molecule has 1 aromatic rings. The van der Waals surface area contributed by atoms with Crippen LogP contribution >= 0.6 is 11.6 Å². The van der Waals surface area contributed by atoms with E-state index in [1.165, 1.54) is 0 Å². The second kappa shape index (κ2) is 5.51. The van der Waals surface area contributed by atoms with Crippen molar-refractivity contribution in [2.45, 2.75) is 23.3 Å². The van der Waals surface area contributed by atoms with Crippen LogP contribution in [0.25, 0.3) is 0 Å². The van der Waals surface area contributed by atoms with Crippen molar-refractivity contribution in [3.8, 4) is 5.75 Å². The summed E-state index contributed by atoms with van der Waals surface area (Å²) in [7, 11) is 0. The van der Waals surface area contributed by atoms with Crippen LogP contribution in [0.5, 0.6) is 5.75 Å². The molecule has 0 aliphatic carbocycles. The van der Waals surface area contributed by atoms with E-state index >= 15 is 0 Å². The van der Waals surface area contributed by atoms with Gasteiger partial charge in [0.15, 0.2) is 0 Å². The van der Waals surface area contributed by atoms with Crippen LogP contribution in [0, 0.1) is 0 Å². The number of phenols is 1. The lowest BCUT2D eigenvalue weighted by atomic mass is 9.90. The maximum absolute atomic E-state index is 12.7. The SMILES string of the molecule is NC(=O)C(Cl)c1ccc(C(O)(C(F)(F)F)C(F)(F)F)cc1O. The summed E-state index contributed by atoms with van der Waals surface area (Å²) in [4.78, 5) is 10.8. The summed E-state index contributed by atoms with van der Waals surface area (Å²) < 4.78 is 75.9. The first-order valence-corrected chi connectivity index (χ1v) is 5.79. The molecule has 1 unspecified atom stereocenters. The third kappa shape index (κ3) is 2.93. The first-order chi connectivity index (χ1) is 9.73. The van der Waals surface area contributed by atoms with E-state index in [0.717, 1.165) is 0 Å². The number of amides is 1. The van der Waals surface area contributed by atoms with E-state index in [0.29, 0.717) is 6.07 Å². The molecule has 0 aliphatic heterocycles. The molecular formula is C11H8ClF6NO3. The fraction of sp³-hybridized carbons (Fsp3) is 0.364. The zero-order valence-corrected chi connectivity index (χ0v) is 11.1. The molecule has 0 saturated carbocycles. The highest BCUT2D eigenvalue weighted by Crippen LogP contribution is 2.50. The lowest BCUT2D eigenvalue weighted by Gasteiger charge is -2.32. The standard InChI is InChI=1S/C11H8ClF6NO3/c12-7(8(19)21)5-2-1-4(3-6(5)20)9(22,10(13,14)15)11(16,17)18/h1-3,7,20,22H,(H2,19,21). The summed E-state index contributed by atoms with van der Waals surface area (Å²) >= 11 is 5.45. The zero-order valence-electron chi connectivity index (χ0n) is 10.3. The van der Waals surface area contributed by atoms with Crippen molar-refractivity contribution in [1.82, 2.24) is 0 Å². The zero-order chi connectivity index (χ0) is 17.5. The summed E-state index contributed by atoms with van der Waals surface area (Å²) in [5.74, 6) is -2.32. The minimum Gasteiger partial charge on any atom is -0.508 e. The molecule has 0 bridgehead atoms. The van der Waals surface area contributed by atoms with Gasteiger partial charge in [0, 0.05) is 11.1 Å². The van der Waals surface area contributed by atoms with Crippen LogP contribution in [0.3, 0.4) is 0 Å². The van der Waals surface area contributed by atoms with Crippen molar-refractivity contribution in [2.24, 2.45) is 5.73 Å². The van der Waals surface area contributed by atoms with Gasteiger partial charge in [-0.3, -0.25) is 4.79 Å². The van der Waals surface area contributed by atoms with Crippen LogP contribution in [0.2, 0.25) is 0 Å². The summed E-state index contributed by atoms with van der Waals surface area (Å²) in [5, 5.41) is 16.9. The first-order valence-electron chi connectivity index (χ1n) is 5.36. The number of phenolic OH excluding ortho intramolecular Hbond substituents is 1. The highest BCUT2D eigenvalue weighted by molar-refractivity contribution is 6.30. The number of aromatic hydroxyl groups is 1.